The van der Waals surface area contributed by atoms with Gasteiger partial charge in [-0.3, -0.25) is 9.80 Å². The van der Waals surface area contributed by atoms with Crippen LogP contribution in [0.15, 0.2) is 28.7 Å². The zero-order chi connectivity index (χ0) is 13.2. The lowest BCUT2D eigenvalue weighted by Crippen LogP contribution is -2.53. The Hall–Kier alpha value is -0.380. The molecule has 0 N–H and O–H groups in total. The average molecular weight is 311 g/mol. The molecule has 1 saturated heterocycles. The van der Waals surface area contributed by atoms with E-state index in [1.165, 1.54) is 36.2 Å². The number of nitrogens with zero attached hydrogens (tertiary/aromatic N) is 2. The molecular weight excluding hydrogens is 288 g/mol. The largest absolute Gasteiger partial charge is 0.297 e. The first-order valence-electron chi connectivity index (χ1n) is 6.67. The van der Waals surface area contributed by atoms with Gasteiger partial charge in [0.05, 0.1) is 0 Å². The Morgan fingerprint density at radius 3 is 2.33 bits per heavy atom. The predicted octanol–water partition coefficient (Wildman–Crippen LogP) is 3.37. The highest BCUT2D eigenvalue weighted by Gasteiger charge is 2.25. The van der Waals surface area contributed by atoms with Crippen molar-refractivity contribution >= 4 is 15.9 Å². The quantitative estimate of drug-likeness (QED) is 0.826. The molecule has 0 unspecified atom stereocenters. The molecule has 0 saturated carbocycles. The van der Waals surface area contributed by atoms with Crippen molar-refractivity contribution in [2.24, 2.45) is 0 Å². The first-order chi connectivity index (χ1) is 8.45. The van der Waals surface area contributed by atoms with E-state index in [-0.39, 0.29) is 0 Å². The van der Waals surface area contributed by atoms with Crippen LogP contribution in [0, 0.1) is 0 Å². The summed E-state index contributed by atoms with van der Waals surface area (Å²) in [6, 6.07) is 8.63. The Morgan fingerprint density at radius 1 is 1.11 bits per heavy atom. The van der Waals surface area contributed by atoms with Crippen molar-refractivity contribution in [1.82, 2.24) is 9.80 Å². The van der Waals surface area contributed by atoms with Gasteiger partial charge in [-0.05, 0) is 38.5 Å². The van der Waals surface area contributed by atoms with Crippen LogP contribution in [0.3, 0.4) is 0 Å². The van der Waals surface area contributed by atoms with Crippen molar-refractivity contribution in [2.75, 3.05) is 26.2 Å². The fourth-order valence-electron chi connectivity index (χ4n) is 2.47. The highest BCUT2D eigenvalue weighted by molar-refractivity contribution is 9.10. The molecule has 18 heavy (non-hydrogen) atoms. The van der Waals surface area contributed by atoms with Gasteiger partial charge in [0.1, 0.15) is 0 Å². The maximum Gasteiger partial charge on any atom is 0.0235 e. The third-order valence-electron chi connectivity index (χ3n) is 3.62. The van der Waals surface area contributed by atoms with Crippen LogP contribution in [0.2, 0.25) is 0 Å². The molecule has 0 aromatic heterocycles. The summed E-state index contributed by atoms with van der Waals surface area (Å²) in [6.45, 7) is 12.7. The predicted molar refractivity (Wildman–Crippen MR) is 80.7 cm³/mol. The molecule has 0 amide bonds. The van der Waals surface area contributed by atoms with Gasteiger partial charge < -0.3 is 0 Å². The van der Waals surface area contributed by atoms with E-state index in [2.05, 4.69) is 70.8 Å². The number of rotatable bonds is 2. The van der Waals surface area contributed by atoms with Crippen molar-refractivity contribution in [3.63, 3.8) is 0 Å². The topological polar surface area (TPSA) is 6.48 Å². The maximum atomic E-state index is 3.54. The molecule has 0 aliphatic carbocycles. The van der Waals surface area contributed by atoms with Crippen molar-refractivity contribution in [3.05, 3.63) is 34.3 Å². The summed E-state index contributed by atoms with van der Waals surface area (Å²) >= 11 is 3.54. The van der Waals surface area contributed by atoms with Crippen LogP contribution in [0.5, 0.6) is 0 Å². The van der Waals surface area contributed by atoms with Crippen LogP contribution in [-0.2, 0) is 6.54 Å². The molecule has 0 bridgehead atoms. The van der Waals surface area contributed by atoms with Gasteiger partial charge in [0.2, 0.25) is 0 Å². The number of piperazine rings is 1. The summed E-state index contributed by atoms with van der Waals surface area (Å²) in [5, 5.41) is 0. The van der Waals surface area contributed by atoms with Gasteiger partial charge in [-0.1, -0.05) is 28.1 Å². The Morgan fingerprint density at radius 2 is 1.78 bits per heavy atom. The highest BCUT2D eigenvalue weighted by atomic mass is 79.9. The lowest BCUT2D eigenvalue weighted by Gasteiger charge is -2.42. The summed E-state index contributed by atoms with van der Waals surface area (Å²) in [6.07, 6.45) is 0. The number of hydrogen-bond donors (Lipinski definition) is 0. The highest BCUT2D eigenvalue weighted by Crippen LogP contribution is 2.18. The smallest absolute Gasteiger partial charge is 0.0235 e. The monoisotopic (exact) mass is 310 g/mol. The zero-order valence-corrected chi connectivity index (χ0v) is 13.2. The second-order valence-electron chi connectivity index (χ2n) is 6.06. The molecule has 2 rings (SSSR count). The first-order valence-corrected chi connectivity index (χ1v) is 7.46. The maximum absolute atomic E-state index is 3.54. The van der Waals surface area contributed by atoms with Crippen LogP contribution in [0.4, 0.5) is 0 Å². The minimum absolute atomic E-state index is 0.307. The van der Waals surface area contributed by atoms with Crippen molar-refractivity contribution in [3.8, 4) is 0 Å². The first kappa shape index (κ1) is 14.0. The van der Waals surface area contributed by atoms with E-state index < -0.39 is 0 Å². The minimum Gasteiger partial charge on any atom is -0.297 e. The average Bonchev–Trinajstić information content (AvgIpc) is 2.28. The molecule has 3 heteroatoms. The molecule has 0 atom stereocenters. The third kappa shape index (κ3) is 3.81. The molecule has 1 aliphatic heterocycles. The second kappa shape index (κ2) is 5.72. The summed E-state index contributed by atoms with van der Waals surface area (Å²) in [5.41, 5.74) is 1.70. The SMILES string of the molecule is CC(C)(C)N1CCN(Cc2cccc(Br)c2)CC1. The second-order valence-corrected chi connectivity index (χ2v) is 6.98. The van der Waals surface area contributed by atoms with E-state index in [9.17, 15) is 0 Å². The van der Waals surface area contributed by atoms with Crippen molar-refractivity contribution < 1.29 is 0 Å². The van der Waals surface area contributed by atoms with Crippen LogP contribution in [-0.4, -0.2) is 41.5 Å². The standard InChI is InChI=1S/C15H23BrN2/c1-15(2,3)18-9-7-17(8-10-18)12-13-5-4-6-14(16)11-13/h4-6,11H,7-10,12H2,1-3H3. The van der Waals surface area contributed by atoms with E-state index in [0.29, 0.717) is 5.54 Å². The molecule has 1 fully saturated rings. The van der Waals surface area contributed by atoms with Gasteiger partial charge in [-0.25, -0.2) is 0 Å². The molecule has 1 aromatic carbocycles. The number of hydrogen-bond acceptors (Lipinski definition) is 2. The van der Waals surface area contributed by atoms with E-state index in [4.69, 9.17) is 0 Å². The molecular formula is C15H23BrN2. The zero-order valence-electron chi connectivity index (χ0n) is 11.6. The molecule has 0 spiro atoms. The van der Waals surface area contributed by atoms with E-state index >= 15 is 0 Å². The van der Waals surface area contributed by atoms with Crippen molar-refractivity contribution in [2.45, 2.75) is 32.9 Å². The van der Waals surface area contributed by atoms with Gasteiger partial charge in [-0.2, -0.15) is 0 Å². The molecule has 2 nitrogen and oxygen atoms in total. The van der Waals surface area contributed by atoms with Gasteiger partial charge in [0.25, 0.3) is 0 Å². The van der Waals surface area contributed by atoms with Crippen LogP contribution < -0.4 is 0 Å². The van der Waals surface area contributed by atoms with Gasteiger partial charge >= 0.3 is 0 Å². The van der Waals surface area contributed by atoms with E-state index in [0.717, 1.165) is 6.54 Å². The van der Waals surface area contributed by atoms with Gasteiger partial charge in [0, 0.05) is 42.7 Å². The summed E-state index contributed by atoms with van der Waals surface area (Å²) in [7, 11) is 0. The normalized spacial score (nSPS) is 19.1. The lowest BCUT2D eigenvalue weighted by atomic mass is 10.0. The fourth-order valence-corrected chi connectivity index (χ4v) is 2.92. The Labute approximate surface area is 119 Å². The summed E-state index contributed by atoms with van der Waals surface area (Å²) < 4.78 is 1.17. The van der Waals surface area contributed by atoms with Crippen LogP contribution in [0.1, 0.15) is 26.3 Å². The number of halogens is 1. The minimum atomic E-state index is 0.307. The molecule has 0 radical (unpaired) electrons. The summed E-state index contributed by atoms with van der Waals surface area (Å²) in [5.74, 6) is 0. The number of benzene rings is 1. The Bertz CT molecular complexity index is 390. The van der Waals surface area contributed by atoms with Crippen LogP contribution in [0.25, 0.3) is 0 Å². The molecule has 1 aromatic rings. The van der Waals surface area contributed by atoms with Crippen LogP contribution >= 0.6 is 15.9 Å². The summed E-state index contributed by atoms with van der Waals surface area (Å²) in [4.78, 5) is 5.12. The van der Waals surface area contributed by atoms with Gasteiger partial charge in [-0.15, -0.1) is 0 Å². The van der Waals surface area contributed by atoms with E-state index in [1.807, 2.05) is 0 Å². The Balaban J connectivity index is 1.87. The molecule has 1 heterocycles. The Kier molecular flexibility index (Phi) is 4.46. The lowest BCUT2D eigenvalue weighted by molar-refractivity contribution is 0.0591. The van der Waals surface area contributed by atoms with E-state index in [1.54, 1.807) is 0 Å². The van der Waals surface area contributed by atoms with Gasteiger partial charge in [0.15, 0.2) is 0 Å². The molecule has 100 valence electrons. The van der Waals surface area contributed by atoms with Crippen molar-refractivity contribution in [1.29, 1.82) is 0 Å². The fraction of sp³-hybridized carbons (Fsp3) is 0.600. The molecule has 1 aliphatic rings. The third-order valence-corrected chi connectivity index (χ3v) is 4.11.